The number of hydrogen-bond donors (Lipinski definition) is 2. The number of amides is 2. The van der Waals surface area contributed by atoms with Crippen molar-refractivity contribution in [3.05, 3.63) is 60.4 Å². The lowest BCUT2D eigenvalue weighted by Gasteiger charge is -2.32. The van der Waals surface area contributed by atoms with Crippen LogP contribution >= 0.6 is 0 Å². The van der Waals surface area contributed by atoms with Gasteiger partial charge in [0.2, 0.25) is 0 Å². The highest BCUT2D eigenvalue weighted by Gasteiger charge is 2.23. The van der Waals surface area contributed by atoms with E-state index in [2.05, 4.69) is 32.7 Å². The van der Waals surface area contributed by atoms with Crippen molar-refractivity contribution in [2.24, 2.45) is 0 Å². The van der Waals surface area contributed by atoms with Gasteiger partial charge in [0.15, 0.2) is 0 Å². The number of rotatable bonds is 4. The third-order valence-corrected chi connectivity index (χ3v) is 4.30. The number of aromatic nitrogens is 1. The van der Waals surface area contributed by atoms with E-state index in [0.717, 1.165) is 32.5 Å². The Morgan fingerprint density at radius 2 is 1.80 bits per heavy atom. The van der Waals surface area contributed by atoms with E-state index in [4.69, 9.17) is 0 Å². The van der Waals surface area contributed by atoms with Crippen LogP contribution in [0.15, 0.2) is 54.9 Å². The van der Waals surface area contributed by atoms with Crippen LogP contribution in [-0.4, -0.2) is 40.8 Å². The van der Waals surface area contributed by atoms with E-state index in [-0.39, 0.29) is 6.04 Å². The number of anilines is 1. The first-order valence-corrected chi connectivity index (χ1v) is 8.49. The van der Waals surface area contributed by atoms with Crippen LogP contribution < -0.4 is 10.6 Å². The molecule has 2 N–H and O–H groups in total. The molecule has 0 unspecified atom stereocenters. The minimum atomic E-state index is -0.653. The molecule has 1 aromatic carbocycles. The fourth-order valence-electron chi connectivity index (χ4n) is 2.95. The number of benzene rings is 1. The topological polar surface area (TPSA) is 74.3 Å². The number of carbonyl (C=O) groups excluding carboxylic acids is 2. The maximum absolute atomic E-state index is 12.0. The number of nitrogens with one attached hydrogen (secondary N) is 2. The molecular weight excluding hydrogens is 316 g/mol. The first-order chi connectivity index (χ1) is 12.2. The summed E-state index contributed by atoms with van der Waals surface area (Å²) in [6.45, 7) is 2.73. The van der Waals surface area contributed by atoms with Crippen molar-refractivity contribution < 1.29 is 9.59 Å². The third-order valence-electron chi connectivity index (χ3n) is 4.30. The van der Waals surface area contributed by atoms with Crippen molar-refractivity contribution in [2.45, 2.75) is 25.4 Å². The van der Waals surface area contributed by atoms with E-state index in [1.165, 1.54) is 11.8 Å². The average molecular weight is 338 g/mol. The second-order valence-electron chi connectivity index (χ2n) is 6.21. The van der Waals surface area contributed by atoms with E-state index in [1.807, 2.05) is 18.2 Å². The second kappa shape index (κ2) is 8.39. The smallest absolute Gasteiger partial charge is 0.313 e. The van der Waals surface area contributed by atoms with Crippen molar-refractivity contribution in [3.63, 3.8) is 0 Å². The van der Waals surface area contributed by atoms with Gasteiger partial charge in [-0.2, -0.15) is 0 Å². The van der Waals surface area contributed by atoms with Gasteiger partial charge in [0.1, 0.15) is 0 Å². The Bertz CT molecular complexity index is 698. The van der Waals surface area contributed by atoms with Crippen LogP contribution in [0, 0.1) is 0 Å². The van der Waals surface area contributed by atoms with Crippen LogP contribution in [0.3, 0.4) is 0 Å². The quantitative estimate of drug-likeness (QED) is 0.834. The molecule has 1 aromatic heterocycles. The fourth-order valence-corrected chi connectivity index (χ4v) is 2.95. The van der Waals surface area contributed by atoms with Crippen molar-refractivity contribution in [2.75, 3.05) is 18.4 Å². The Kier molecular flexibility index (Phi) is 5.74. The van der Waals surface area contributed by atoms with Gasteiger partial charge < -0.3 is 10.6 Å². The molecule has 3 rings (SSSR count). The molecule has 25 heavy (non-hydrogen) atoms. The summed E-state index contributed by atoms with van der Waals surface area (Å²) < 4.78 is 0. The molecule has 0 saturated carbocycles. The Hall–Kier alpha value is -2.73. The fraction of sp³-hybridized carbons (Fsp3) is 0.316. The van der Waals surface area contributed by atoms with Crippen LogP contribution in [0.4, 0.5) is 5.69 Å². The molecular formula is C19H22N4O2. The minimum absolute atomic E-state index is 0.0409. The highest BCUT2D eigenvalue weighted by molar-refractivity contribution is 6.39. The lowest BCUT2D eigenvalue weighted by atomic mass is 10.0. The highest BCUT2D eigenvalue weighted by atomic mass is 16.2. The predicted octanol–water partition coefficient (Wildman–Crippen LogP) is 1.80. The molecule has 130 valence electrons. The molecule has 1 aliphatic heterocycles. The van der Waals surface area contributed by atoms with Crippen LogP contribution in [0.25, 0.3) is 0 Å². The van der Waals surface area contributed by atoms with Crippen LogP contribution in [0.2, 0.25) is 0 Å². The van der Waals surface area contributed by atoms with Gasteiger partial charge >= 0.3 is 11.8 Å². The molecule has 2 amide bonds. The van der Waals surface area contributed by atoms with Gasteiger partial charge in [-0.25, -0.2) is 0 Å². The number of carbonyl (C=O) groups is 2. The summed E-state index contributed by atoms with van der Waals surface area (Å²) >= 11 is 0. The normalized spacial score (nSPS) is 15.5. The molecule has 2 aromatic rings. The van der Waals surface area contributed by atoms with Gasteiger partial charge in [-0.1, -0.05) is 30.3 Å². The summed E-state index contributed by atoms with van der Waals surface area (Å²) in [5.74, 6) is -1.25. The SMILES string of the molecule is O=C(Nc1cccnc1)C(=O)NC1CCN(Cc2ccccc2)CC1. The third kappa shape index (κ3) is 5.12. The van der Waals surface area contributed by atoms with Gasteiger partial charge in [-0.05, 0) is 30.5 Å². The van der Waals surface area contributed by atoms with E-state index in [9.17, 15) is 9.59 Å². The van der Waals surface area contributed by atoms with Crippen molar-refractivity contribution in [1.82, 2.24) is 15.2 Å². The lowest BCUT2D eigenvalue weighted by molar-refractivity contribution is -0.136. The summed E-state index contributed by atoms with van der Waals surface area (Å²) in [5, 5.41) is 5.37. The van der Waals surface area contributed by atoms with E-state index < -0.39 is 11.8 Å². The average Bonchev–Trinajstić information content (AvgIpc) is 2.65. The zero-order valence-corrected chi connectivity index (χ0v) is 14.0. The molecule has 1 aliphatic rings. The van der Waals surface area contributed by atoms with Crippen molar-refractivity contribution >= 4 is 17.5 Å². The Balaban J connectivity index is 1.42. The van der Waals surface area contributed by atoms with E-state index in [1.54, 1.807) is 18.3 Å². The molecule has 1 saturated heterocycles. The zero-order chi connectivity index (χ0) is 17.5. The standard InChI is InChI=1S/C19H22N4O2/c24-18(19(25)22-17-7-4-10-20-13-17)21-16-8-11-23(12-9-16)14-15-5-2-1-3-6-15/h1-7,10,13,16H,8-9,11-12,14H2,(H,21,24)(H,22,25). The summed E-state index contributed by atoms with van der Waals surface area (Å²) in [6.07, 6.45) is 4.81. The first-order valence-electron chi connectivity index (χ1n) is 8.49. The number of piperidine rings is 1. The predicted molar refractivity (Wildman–Crippen MR) is 95.8 cm³/mol. The van der Waals surface area contributed by atoms with Crippen LogP contribution in [-0.2, 0) is 16.1 Å². The molecule has 0 atom stereocenters. The molecule has 0 bridgehead atoms. The molecule has 6 nitrogen and oxygen atoms in total. The van der Waals surface area contributed by atoms with Gasteiger partial charge in [0.05, 0.1) is 11.9 Å². The van der Waals surface area contributed by atoms with Crippen LogP contribution in [0.5, 0.6) is 0 Å². The highest BCUT2D eigenvalue weighted by Crippen LogP contribution is 2.14. The molecule has 0 aliphatic carbocycles. The number of nitrogens with zero attached hydrogens (tertiary/aromatic N) is 2. The monoisotopic (exact) mass is 338 g/mol. The van der Waals surface area contributed by atoms with Crippen molar-refractivity contribution in [1.29, 1.82) is 0 Å². The molecule has 0 spiro atoms. The van der Waals surface area contributed by atoms with Gasteiger partial charge in [0.25, 0.3) is 0 Å². The number of likely N-dealkylation sites (tertiary alicyclic amines) is 1. The van der Waals surface area contributed by atoms with E-state index >= 15 is 0 Å². The molecule has 1 fully saturated rings. The Morgan fingerprint density at radius 3 is 2.48 bits per heavy atom. The van der Waals surface area contributed by atoms with Gasteiger partial charge in [-0.15, -0.1) is 0 Å². The summed E-state index contributed by atoms with van der Waals surface area (Å²) in [5.41, 5.74) is 1.81. The Morgan fingerprint density at radius 1 is 1.04 bits per heavy atom. The first kappa shape index (κ1) is 17.1. The largest absolute Gasteiger partial charge is 0.345 e. The zero-order valence-electron chi connectivity index (χ0n) is 14.0. The van der Waals surface area contributed by atoms with Crippen LogP contribution in [0.1, 0.15) is 18.4 Å². The summed E-state index contributed by atoms with van der Waals surface area (Å²) in [7, 11) is 0. The second-order valence-corrected chi connectivity index (χ2v) is 6.21. The van der Waals surface area contributed by atoms with Gasteiger partial charge in [-0.3, -0.25) is 19.5 Å². The maximum atomic E-state index is 12.0. The lowest BCUT2D eigenvalue weighted by Crippen LogP contribution is -2.47. The summed E-state index contributed by atoms with van der Waals surface area (Å²) in [6, 6.07) is 13.8. The number of pyridine rings is 1. The van der Waals surface area contributed by atoms with E-state index in [0.29, 0.717) is 5.69 Å². The Labute approximate surface area is 147 Å². The minimum Gasteiger partial charge on any atom is -0.345 e. The van der Waals surface area contributed by atoms with Crippen molar-refractivity contribution in [3.8, 4) is 0 Å². The van der Waals surface area contributed by atoms with Gasteiger partial charge in [0, 0.05) is 31.9 Å². The molecule has 6 heteroatoms. The molecule has 0 radical (unpaired) electrons. The molecule has 2 heterocycles. The number of hydrogen-bond acceptors (Lipinski definition) is 4. The maximum Gasteiger partial charge on any atom is 0.313 e. The summed E-state index contributed by atoms with van der Waals surface area (Å²) in [4.78, 5) is 30.2.